The number of rotatable bonds is 11. The summed E-state index contributed by atoms with van der Waals surface area (Å²) in [5, 5.41) is 4.24. The molecule has 21 heavy (non-hydrogen) atoms. The van der Waals surface area contributed by atoms with Crippen molar-refractivity contribution in [3.8, 4) is 0 Å². The maximum atomic E-state index is 6.37. The van der Waals surface area contributed by atoms with Crippen molar-refractivity contribution < 1.29 is 4.74 Å². The van der Waals surface area contributed by atoms with Gasteiger partial charge in [0.25, 0.3) is 0 Å². The summed E-state index contributed by atoms with van der Waals surface area (Å²) in [6, 6.07) is 6.13. The summed E-state index contributed by atoms with van der Waals surface area (Å²) in [4.78, 5) is 3.64. The maximum absolute atomic E-state index is 6.37. The predicted molar refractivity (Wildman–Crippen MR) is 93.5 cm³/mol. The van der Waals surface area contributed by atoms with Crippen LogP contribution < -0.4 is 5.32 Å². The quantitative estimate of drug-likeness (QED) is 0.495. The van der Waals surface area contributed by atoms with Gasteiger partial charge >= 0.3 is 0 Å². The van der Waals surface area contributed by atoms with Crippen LogP contribution in [0.2, 0.25) is 5.02 Å². The highest BCUT2D eigenvalue weighted by molar-refractivity contribution is 7.99. The summed E-state index contributed by atoms with van der Waals surface area (Å²) in [5.41, 5.74) is 1.27. The fraction of sp³-hybridized carbons (Fsp3) is 0.625. The first kappa shape index (κ1) is 18.8. The molecule has 0 unspecified atom stereocenters. The summed E-state index contributed by atoms with van der Waals surface area (Å²) in [5.74, 6) is 1.07. The van der Waals surface area contributed by atoms with E-state index in [1.165, 1.54) is 10.5 Å². The number of hydrogen-bond donors (Lipinski definition) is 1. The van der Waals surface area contributed by atoms with Crippen LogP contribution in [0.3, 0.4) is 0 Å². The highest BCUT2D eigenvalue weighted by atomic mass is 35.5. The minimum Gasteiger partial charge on any atom is -0.383 e. The van der Waals surface area contributed by atoms with Crippen molar-refractivity contribution >= 4 is 23.4 Å². The number of hydrogen-bond acceptors (Lipinski definition) is 4. The van der Waals surface area contributed by atoms with Gasteiger partial charge in [-0.05, 0) is 24.7 Å². The van der Waals surface area contributed by atoms with Crippen molar-refractivity contribution in [2.45, 2.75) is 25.3 Å². The van der Waals surface area contributed by atoms with Crippen LogP contribution in [0.4, 0.5) is 0 Å². The Labute approximate surface area is 138 Å². The lowest BCUT2D eigenvalue weighted by Crippen LogP contribution is -2.25. The minimum absolute atomic E-state index is 0.727. The highest BCUT2D eigenvalue weighted by Crippen LogP contribution is 2.30. The first-order valence-electron chi connectivity index (χ1n) is 7.55. The van der Waals surface area contributed by atoms with Gasteiger partial charge in [-0.25, -0.2) is 0 Å². The zero-order chi connectivity index (χ0) is 15.5. The second kappa shape index (κ2) is 11.3. The van der Waals surface area contributed by atoms with E-state index in [9.17, 15) is 0 Å². The van der Waals surface area contributed by atoms with Crippen molar-refractivity contribution in [1.29, 1.82) is 0 Å². The van der Waals surface area contributed by atoms with Gasteiger partial charge < -0.3 is 15.0 Å². The lowest BCUT2D eigenvalue weighted by molar-refractivity contribution is 0.199. The fourth-order valence-electron chi connectivity index (χ4n) is 2.07. The molecule has 0 aromatic heterocycles. The average molecular weight is 331 g/mol. The molecular weight excluding hydrogens is 304 g/mol. The molecule has 5 heteroatoms. The van der Waals surface area contributed by atoms with E-state index in [1.54, 1.807) is 7.11 Å². The van der Waals surface area contributed by atoms with Gasteiger partial charge in [-0.15, -0.1) is 11.8 Å². The van der Waals surface area contributed by atoms with Crippen LogP contribution in [0.5, 0.6) is 0 Å². The van der Waals surface area contributed by atoms with E-state index < -0.39 is 0 Å². The average Bonchev–Trinajstić information content (AvgIpc) is 2.50. The van der Waals surface area contributed by atoms with Crippen LogP contribution in [-0.2, 0) is 11.3 Å². The van der Waals surface area contributed by atoms with Gasteiger partial charge in [0.2, 0.25) is 0 Å². The Bertz CT molecular complexity index is 400. The van der Waals surface area contributed by atoms with E-state index in [0.29, 0.717) is 0 Å². The molecule has 0 amide bonds. The molecule has 0 aliphatic rings. The SMILES string of the molecule is CCN(CC)CCSc1c(Cl)cccc1CNCCOC. The third kappa shape index (κ3) is 7.02. The smallest absolute Gasteiger partial charge is 0.0587 e. The first-order valence-corrected chi connectivity index (χ1v) is 8.91. The summed E-state index contributed by atoms with van der Waals surface area (Å²) in [6.07, 6.45) is 0. The van der Waals surface area contributed by atoms with E-state index in [2.05, 4.69) is 30.1 Å². The van der Waals surface area contributed by atoms with Crippen LogP contribution in [-0.4, -0.2) is 50.5 Å². The second-order valence-electron chi connectivity index (χ2n) is 4.77. The maximum Gasteiger partial charge on any atom is 0.0587 e. The van der Waals surface area contributed by atoms with Crippen molar-refractivity contribution in [1.82, 2.24) is 10.2 Å². The van der Waals surface area contributed by atoms with Crippen molar-refractivity contribution in [3.63, 3.8) is 0 Å². The zero-order valence-corrected chi connectivity index (χ0v) is 14.9. The monoisotopic (exact) mass is 330 g/mol. The number of nitrogens with one attached hydrogen (secondary N) is 1. The van der Waals surface area contributed by atoms with Crippen LogP contribution in [0.25, 0.3) is 0 Å². The minimum atomic E-state index is 0.727. The molecule has 3 nitrogen and oxygen atoms in total. The number of ether oxygens (including phenoxy) is 1. The summed E-state index contributed by atoms with van der Waals surface area (Å²) in [6.45, 7) is 10.1. The lowest BCUT2D eigenvalue weighted by Gasteiger charge is -2.18. The second-order valence-corrected chi connectivity index (χ2v) is 6.29. The molecule has 0 spiro atoms. The van der Waals surface area contributed by atoms with Gasteiger partial charge in [0.05, 0.1) is 11.6 Å². The number of nitrogens with zero attached hydrogens (tertiary/aromatic N) is 1. The normalized spacial score (nSPS) is 11.3. The topological polar surface area (TPSA) is 24.5 Å². The van der Waals surface area contributed by atoms with Crippen LogP contribution in [0.1, 0.15) is 19.4 Å². The number of halogens is 1. The van der Waals surface area contributed by atoms with Crippen molar-refractivity contribution in [2.24, 2.45) is 0 Å². The molecule has 1 aromatic rings. The molecule has 0 bridgehead atoms. The number of methoxy groups -OCH3 is 1. The van der Waals surface area contributed by atoms with Gasteiger partial charge in [0, 0.05) is 37.4 Å². The van der Waals surface area contributed by atoms with Crippen LogP contribution >= 0.6 is 23.4 Å². The van der Waals surface area contributed by atoms with E-state index in [-0.39, 0.29) is 0 Å². The molecule has 0 aliphatic carbocycles. The Hall–Kier alpha value is -0.260. The summed E-state index contributed by atoms with van der Waals surface area (Å²) < 4.78 is 5.05. The van der Waals surface area contributed by atoms with E-state index >= 15 is 0 Å². The number of thioether (sulfide) groups is 1. The Morgan fingerprint density at radius 2 is 2.05 bits per heavy atom. The van der Waals surface area contributed by atoms with E-state index in [0.717, 1.165) is 50.1 Å². The number of benzene rings is 1. The molecule has 120 valence electrons. The summed E-state index contributed by atoms with van der Waals surface area (Å²) >= 11 is 8.22. The van der Waals surface area contributed by atoms with Gasteiger partial charge in [0.1, 0.15) is 0 Å². The fourth-order valence-corrected chi connectivity index (χ4v) is 3.51. The Kier molecular flexibility index (Phi) is 10.1. The van der Waals surface area contributed by atoms with E-state index in [4.69, 9.17) is 16.3 Å². The highest BCUT2D eigenvalue weighted by Gasteiger charge is 2.08. The van der Waals surface area contributed by atoms with Gasteiger partial charge in [-0.1, -0.05) is 37.6 Å². The molecule has 0 fully saturated rings. The van der Waals surface area contributed by atoms with Gasteiger partial charge in [-0.3, -0.25) is 0 Å². The zero-order valence-electron chi connectivity index (χ0n) is 13.3. The Morgan fingerprint density at radius 1 is 1.29 bits per heavy atom. The standard InChI is InChI=1S/C16H27ClN2OS/c1-4-19(5-2)10-12-21-16-14(7-6-8-15(16)17)13-18-9-11-20-3/h6-8,18H,4-5,9-13H2,1-3H3. The molecule has 0 aliphatic heterocycles. The largest absolute Gasteiger partial charge is 0.383 e. The first-order chi connectivity index (χ1) is 10.2. The summed E-state index contributed by atoms with van der Waals surface area (Å²) in [7, 11) is 1.72. The molecule has 0 atom stereocenters. The Morgan fingerprint density at radius 3 is 2.71 bits per heavy atom. The molecule has 0 radical (unpaired) electrons. The lowest BCUT2D eigenvalue weighted by atomic mass is 10.2. The molecule has 0 saturated carbocycles. The van der Waals surface area contributed by atoms with Crippen molar-refractivity contribution in [2.75, 3.05) is 45.6 Å². The predicted octanol–water partition coefficient (Wildman–Crippen LogP) is 3.51. The molecule has 0 heterocycles. The van der Waals surface area contributed by atoms with Gasteiger partial charge in [-0.2, -0.15) is 0 Å². The molecular formula is C16H27ClN2OS. The van der Waals surface area contributed by atoms with Gasteiger partial charge in [0.15, 0.2) is 0 Å². The van der Waals surface area contributed by atoms with Crippen molar-refractivity contribution in [3.05, 3.63) is 28.8 Å². The molecule has 0 saturated heterocycles. The third-order valence-corrected chi connectivity index (χ3v) is 4.98. The van der Waals surface area contributed by atoms with Crippen LogP contribution in [0, 0.1) is 0 Å². The van der Waals surface area contributed by atoms with E-state index in [1.807, 2.05) is 23.9 Å². The van der Waals surface area contributed by atoms with Crippen LogP contribution in [0.15, 0.2) is 23.1 Å². The molecule has 1 aromatic carbocycles. The molecule has 1 rings (SSSR count). The Balaban J connectivity index is 2.54. The molecule has 1 N–H and O–H groups in total. The third-order valence-electron chi connectivity index (χ3n) is 3.40.